The van der Waals surface area contributed by atoms with Crippen LogP contribution in [0.25, 0.3) is 6.08 Å². The van der Waals surface area contributed by atoms with Gasteiger partial charge in [-0.3, -0.25) is 0 Å². The molecular weight excluding hydrogens is 195 g/mol. The van der Waals surface area contributed by atoms with Gasteiger partial charge in [0.25, 0.3) is 0 Å². The van der Waals surface area contributed by atoms with E-state index in [2.05, 4.69) is 0 Å². The zero-order valence-corrected chi connectivity index (χ0v) is 8.02. The van der Waals surface area contributed by atoms with Gasteiger partial charge < -0.3 is 5.11 Å². The van der Waals surface area contributed by atoms with E-state index in [0.29, 0.717) is 10.6 Å². The molecule has 0 spiro atoms. The van der Waals surface area contributed by atoms with Gasteiger partial charge in [-0.2, -0.15) is 0 Å². The third kappa shape index (κ3) is 1.93. The molecule has 1 nitrogen and oxygen atoms in total. The smallest absolute Gasteiger partial charge is 0.141 e. The number of phenolic OH excluding ortho intramolecular Hbond substituents is 1. The van der Waals surface area contributed by atoms with Crippen molar-refractivity contribution in [2.45, 2.75) is 6.92 Å². The molecule has 1 aromatic rings. The highest BCUT2D eigenvalue weighted by Crippen LogP contribution is 2.31. The molecule has 0 saturated heterocycles. The quantitative estimate of drug-likeness (QED) is 0.737. The summed E-state index contributed by atoms with van der Waals surface area (Å²) in [5.41, 5.74) is 0.634. The Labute approximate surface area is 81.2 Å². The van der Waals surface area contributed by atoms with Crippen LogP contribution in [0, 0.1) is 0 Å². The summed E-state index contributed by atoms with van der Waals surface area (Å²) in [4.78, 5) is 0. The summed E-state index contributed by atoms with van der Waals surface area (Å²) >= 11 is 11.4. The highest BCUT2D eigenvalue weighted by Gasteiger charge is 2.04. The molecule has 12 heavy (non-hydrogen) atoms. The van der Waals surface area contributed by atoms with Gasteiger partial charge in [0.1, 0.15) is 5.75 Å². The summed E-state index contributed by atoms with van der Waals surface area (Å²) in [6, 6.07) is 3.16. The molecule has 64 valence electrons. The van der Waals surface area contributed by atoms with Crippen LogP contribution in [-0.2, 0) is 0 Å². The Kier molecular flexibility index (Phi) is 3.01. The van der Waals surface area contributed by atoms with E-state index in [1.165, 1.54) is 6.07 Å². The molecule has 1 aromatic carbocycles. The molecule has 3 heteroatoms. The Morgan fingerprint density at radius 1 is 1.33 bits per heavy atom. The van der Waals surface area contributed by atoms with Crippen LogP contribution >= 0.6 is 23.2 Å². The monoisotopic (exact) mass is 202 g/mol. The summed E-state index contributed by atoms with van der Waals surface area (Å²) in [7, 11) is 0. The minimum atomic E-state index is 0.0687. The van der Waals surface area contributed by atoms with Gasteiger partial charge in [-0.15, -0.1) is 0 Å². The lowest BCUT2D eigenvalue weighted by Gasteiger charge is -2.01. The summed E-state index contributed by atoms with van der Waals surface area (Å²) in [5, 5.41) is 10.2. The van der Waals surface area contributed by atoms with Crippen molar-refractivity contribution in [2.24, 2.45) is 0 Å². The number of hydrogen-bond donors (Lipinski definition) is 1. The van der Waals surface area contributed by atoms with Crippen molar-refractivity contribution in [1.82, 2.24) is 0 Å². The van der Waals surface area contributed by atoms with Crippen LogP contribution in [0.1, 0.15) is 12.5 Å². The molecular formula is C9H8Cl2O. The van der Waals surface area contributed by atoms with E-state index in [9.17, 15) is 5.11 Å². The van der Waals surface area contributed by atoms with Gasteiger partial charge in [0.2, 0.25) is 0 Å². The topological polar surface area (TPSA) is 20.2 Å². The molecule has 1 rings (SSSR count). The largest absolute Gasteiger partial charge is 0.506 e. The Balaban J connectivity index is 3.27. The van der Waals surface area contributed by atoms with E-state index < -0.39 is 0 Å². The second kappa shape index (κ2) is 3.83. The molecule has 1 N–H and O–H groups in total. The lowest BCUT2D eigenvalue weighted by molar-refractivity contribution is 0.474. The highest BCUT2D eigenvalue weighted by molar-refractivity contribution is 6.35. The van der Waals surface area contributed by atoms with Crippen molar-refractivity contribution in [1.29, 1.82) is 0 Å². The lowest BCUT2D eigenvalue weighted by Crippen LogP contribution is -1.76. The molecule has 0 heterocycles. The highest BCUT2D eigenvalue weighted by atomic mass is 35.5. The average molecular weight is 203 g/mol. The van der Waals surface area contributed by atoms with Crippen molar-refractivity contribution >= 4 is 29.3 Å². The SMILES string of the molecule is C/C=C\c1cc(Cl)cc(Cl)c1O. The molecule has 0 fully saturated rings. The third-order valence-electron chi connectivity index (χ3n) is 1.40. The number of phenols is 1. The van der Waals surface area contributed by atoms with E-state index in [1.807, 2.05) is 13.0 Å². The first-order chi connectivity index (χ1) is 5.65. The molecule has 0 radical (unpaired) electrons. The fourth-order valence-electron chi connectivity index (χ4n) is 0.892. The van der Waals surface area contributed by atoms with Crippen LogP contribution < -0.4 is 0 Å². The fourth-order valence-corrected chi connectivity index (χ4v) is 1.40. The predicted molar refractivity (Wildman–Crippen MR) is 52.8 cm³/mol. The number of rotatable bonds is 1. The summed E-state index contributed by atoms with van der Waals surface area (Å²) in [6.45, 7) is 1.86. The zero-order valence-electron chi connectivity index (χ0n) is 6.51. The zero-order chi connectivity index (χ0) is 9.14. The number of hydrogen-bond acceptors (Lipinski definition) is 1. The predicted octanol–water partition coefficient (Wildman–Crippen LogP) is 3.73. The van der Waals surface area contributed by atoms with Crippen LogP contribution in [0.3, 0.4) is 0 Å². The Hall–Kier alpha value is -0.660. The summed E-state index contributed by atoms with van der Waals surface area (Å²) < 4.78 is 0. The number of allylic oxidation sites excluding steroid dienone is 1. The van der Waals surface area contributed by atoms with Gasteiger partial charge in [0, 0.05) is 10.6 Å². The van der Waals surface area contributed by atoms with Crippen molar-refractivity contribution in [2.75, 3.05) is 0 Å². The van der Waals surface area contributed by atoms with Gasteiger partial charge in [-0.25, -0.2) is 0 Å². The molecule has 0 aromatic heterocycles. The molecule has 0 saturated carbocycles. The van der Waals surface area contributed by atoms with Crippen LogP contribution in [-0.4, -0.2) is 5.11 Å². The average Bonchev–Trinajstić information content (AvgIpc) is 2.00. The number of benzene rings is 1. The van der Waals surface area contributed by atoms with Crippen LogP contribution in [0.2, 0.25) is 10.0 Å². The summed E-state index contributed by atoms with van der Waals surface area (Å²) in [6.07, 6.45) is 3.55. The van der Waals surface area contributed by atoms with Gasteiger partial charge in [-0.05, 0) is 19.1 Å². The molecule has 0 aliphatic carbocycles. The first kappa shape index (κ1) is 9.43. The van der Waals surface area contributed by atoms with Gasteiger partial charge in [-0.1, -0.05) is 35.4 Å². The van der Waals surface area contributed by atoms with Crippen LogP contribution in [0.4, 0.5) is 0 Å². The fraction of sp³-hybridized carbons (Fsp3) is 0.111. The minimum absolute atomic E-state index is 0.0687. The molecule has 0 unspecified atom stereocenters. The molecule has 0 atom stereocenters. The van der Waals surface area contributed by atoms with E-state index in [4.69, 9.17) is 23.2 Å². The maximum Gasteiger partial charge on any atom is 0.141 e. The van der Waals surface area contributed by atoms with Crippen molar-refractivity contribution in [3.05, 3.63) is 33.8 Å². The molecule has 0 aliphatic heterocycles. The Morgan fingerprint density at radius 2 is 2.00 bits per heavy atom. The second-order valence-corrected chi connectivity index (χ2v) is 3.17. The molecule has 0 bridgehead atoms. The normalized spacial score (nSPS) is 10.9. The van der Waals surface area contributed by atoms with Crippen molar-refractivity contribution in [3.8, 4) is 5.75 Å². The van der Waals surface area contributed by atoms with Gasteiger partial charge >= 0.3 is 0 Å². The van der Waals surface area contributed by atoms with Crippen LogP contribution in [0.15, 0.2) is 18.2 Å². The molecule has 0 aliphatic rings. The van der Waals surface area contributed by atoms with Crippen molar-refractivity contribution in [3.63, 3.8) is 0 Å². The molecule has 0 amide bonds. The number of aromatic hydroxyl groups is 1. The van der Waals surface area contributed by atoms with E-state index in [1.54, 1.807) is 12.1 Å². The van der Waals surface area contributed by atoms with Gasteiger partial charge in [0.05, 0.1) is 5.02 Å². The number of halogens is 2. The standard InChI is InChI=1S/C9H8Cl2O/c1-2-3-6-4-7(10)5-8(11)9(6)12/h2-5,12H,1H3/b3-2-. The van der Waals surface area contributed by atoms with E-state index in [-0.39, 0.29) is 10.8 Å². The first-order valence-electron chi connectivity index (χ1n) is 3.46. The van der Waals surface area contributed by atoms with E-state index in [0.717, 1.165) is 0 Å². The van der Waals surface area contributed by atoms with Crippen molar-refractivity contribution < 1.29 is 5.11 Å². The Bertz CT molecular complexity index is 319. The van der Waals surface area contributed by atoms with Crippen LogP contribution in [0.5, 0.6) is 5.75 Å². The Morgan fingerprint density at radius 3 is 2.58 bits per heavy atom. The lowest BCUT2D eigenvalue weighted by atomic mass is 10.2. The van der Waals surface area contributed by atoms with Gasteiger partial charge in [0.15, 0.2) is 0 Å². The maximum atomic E-state index is 9.41. The second-order valence-electron chi connectivity index (χ2n) is 2.33. The summed E-state index contributed by atoms with van der Waals surface area (Å²) in [5.74, 6) is 0.0687. The third-order valence-corrected chi connectivity index (χ3v) is 1.91. The minimum Gasteiger partial charge on any atom is -0.506 e. The first-order valence-corrected chi connectivity index (χ1v) is 4.21. The van der Waals surface area contributed by atoms with E-state index >= 15 is 0 Å². The maximum absolute atomic E-state index is 9.41.